The first kappa shape index (κ1) is 20.3. The van der Waals surface area contributed by atoms with Gasteiger partial charge in [-0.1, -0.05) is 115 Å². The molecule has 0 aliphatic rings. The molecule has 8 aromatic rings. The Kier molecular flexibility index (Phi) is 4.29. The predicted octanol–water partition coefficient (Wildman–Crippen LogP) is 10.4. The molecule has 0 atom stereocenters. The summed E-state index contributed by atoms with van der Waals surface area (Å²) in [5, 5.41) is 12.8. The number of rotatable bonds is 3. The molecule has 1 nitrogen and oxygen atoms in total. The first-order valence-electron chi connectivity index (χ1n) is 12.8. The largest absolute Gasteiger partial charge is 0.309 e. The second-order valence-electron chi connectivity index (χ2n) is 9.78. The molecule has 0 aromatic heterocycles. The highest BCUT2D eigenvalue weighted by molar-refractivity contribution is 6.26. The smallest absolute Gasteiger partial charge is 0.0618 e. The molecular formula is C36H23N. The number of benzene rings is 8. The zero-order chi connectivity index (χ0) is 24.3. The Balaban J connectivity index is 1.56. The summed E-state index contributed by atoms with van der Waals surface area (Å²) in [6.07, 6.45) is 0. The molecule has 0 fully saturated rings. The number of para-hydroxylation sites is 1. The summed E-state index contributed by atoms with van der Waals surface area (Å²) < 4.78 is 0. The van der Waals surface area contributed by atoms with Crippen LogP contribution in [0.25, 0.3) is 53.9 Å². The van der Waals surface area contributed by atoms with Gasteiger partial charge >= 0.3 is 0 Å². The number of fused-ring (bicyclic) bond motifs is 2. The van der Waals surface area contributed by atoms with Crippen LogP contribution < -0.4 is 4.90 Å². The molecule has 0 bridgehead atoms. The maximum Gasteiger partial charge on any atom is 0.0618 e. The zero-order valence-corrected chi connectivity index (χ0v) is 20.2. The molecule has 0 heterocycles. The van der Waals surface area contributed by atoms with Crippen molar-refractivity contribution in [1.29, 1.82) is 0 Å². The maximum atomic E-state index is 2.47. The third-order valence-corrected chi connectivity index (χ3v) is 7.73. The highest BCUT2D eigenvalue weighted by Crippen LogP contribution is 2.47. The van der Waals surface area contributed by atoms with Gasteiger partial charge in [0.15, 0.2) is 0 Å². The van der Waals surface area contributed by atoms with E-state index in [1.165, 1.54) is 65.2 Å². The van der Waals surface area contributed by atoms with Gasteiger partial charge in [-0.3, -0.25) is 0 Å². The molecular weight excluding hydrogens is 446 g/mol. The van der Waals surface area contributed by atoms with Gasteiger partial charge in [0.05, 0.1) is 11.4 Å². The summed E-state index contributed by atoms with van der Waals surface area (Å²) in [5.41, 5.74) is 3.56. The van der Waals surface area contributed by atoms with Gasteiger partial charge in [0.25, 0.3) is 0 Å². The molecule has 0 N–H and O–H groups in total. The summed E-state index contributed by atoms with van der Waals surface area (Å²) in [7, 11) is 0. The zero-order valence-electron chi connectivity index (χ0n) is 20.2. The Bertz CT molecular complexity index is 2020. The average molecular weight is 470 g/mol. The molecule has 37 heavy (non-hydrogen) atoms. The number of hydrogen-bond acceptors (Lipinski definition) is 1. The van der Waals surface area contributed by atoms with Crippen LogP contribution in [0.5, 0.6) is 0 Å². The lowest BCUT2D eigenvalue weighted by Crippen LogP contribution is -2.11. The second-order valence-corrected chi connectivity index (χ2v) is 9.78. The summed E-state index contributed by atoms with van der Waals surface area (Å²) >= 11 is 0. The van der Waals surface area contributed by atoms with E-state index < -0.39 is 0 Å². The van der Waals surface area contributed by atoms with Crippen LogP contribution in [0.2, 0.25) is 0 Å². The fourth-order valence-electron chi connectivity index (χ4n) is 6.11. The van der Waals surface area contributed by atoms with Gasteiger partial charge in [-0.05, 0) is 62.0 Å². The normalized spacial score (nSPS) is 11.8. The van der Waals surface area contributed by atoms with Crippen molar-refractivity contribution in [3.8, 4) is 0 Å². The van der Waals surface area contributed by atoms with Gasteiger partial charge in [0, 0.05) is 21.8 Å². The molecule has 0 spiro atoms. The van der Waals surface area contributed by atoms with Crippen LogP contribution in [0.4, 0.5) is 17.1 Å². The SMILES string of the molecule is c1ccc(N(c2c3ccccc3cc3ccccc23)c2ccc3ccc4cccc5ccc2c3c45)cc1. The Morgan fingerprint density at radius 1 is 0.351 bits per heavy atom. The molecule has 0 aliphatic heterocycles. The van der Waals surface area contributed by atoms with Crippen molar-refractivity contribution in [2.24, 2.45) is 0 Å². The Labute approximate surface area is 215 Å². The minimum atomic E-state index is 1.15. The highest BCUT2D eigenvalue weighted by atomic mass is 15.1. The van der Waals surface area contributed by atoms with Crippen molar-refractivity contribution < 1.29 is 0 Å². The molecule has 0 radical (unpaired) electrons. The lowest BCUT2D eigenvalue weighted by molar-refractivity contribution is 1.33. The van der Waals surface area contributed by atoms with Crippen LogP contribution in [0.3, 0.4) is 0 Å². The number of hydrogen-bond donors (Lipinski definition) is 0. The molecule has 8 rings (SSSR count). The lowest BCUT2D eigenvalue weighted by Gasteiger charge is -2.30. The van der Waals surface area contributed by atoms with Crippen molar-refractivity contribution in [3.63, 3.8) is 0 Å². The topological polar surface area (TPSA) is 3.24 Å². The van der Waals surface area contributed by atoms with Crippen molar-refractivity contribution >= 4 is 70.9 Å². The highest BCUT2D eigenvalue weighted by Gasteiger charge is 2.21. The first-order valence-corrected chi connectivity index (χ1v) is 12.8. The fraction of sp³-hybridized carbons (Fsp3) is 0. The van der Waals surface area contributed by atoms with Gasteiger partial charge in [-0.25, -0.2) is 0 Å². The van der Waals surface area contributed by atoms with Gasteiger partial charge in [-0.2, -0.15) is 0 Å². The Hall–Kier alpha value is -4.88. The predicted molar refractivity (Wildman–Crippen MR) is 160 cm³/mol. The summed E-state index contributed by atoms with van der Waals surface area (Å²) in [6.45, 7) is 0. The number of anilines is 3. The minimum Gasteiger partial charge on any atom is -0.309 e. The molecule has 172 valence electrons. The van der Waals surface area contributed by atoms with Crippen LogP contribution in [-0.4, -0.2) is 0 Å². The van der Waals surface area contributed by atoms with E-state index in [1.54, 1.807) is 0 Å². The number of nitrogens with zero attached hydrogens (tertiary/aromatic N) is 1. The minimum absolute atomic E-state index is 1.15. The molecule has 0 unspecified atom stereocenters. The van der Waals surface area contributed by atoms with Crippen LogP contribution in [0.1, 0.15) is 0 Å². The van der Waals surface area contributed by atoms with Crippen LogP contribution in [0.15, 0.2) is 140 Å². The van der Waals surface area contributed by atoms with E-state index in [-0.39, 0.29) is 0 Å². The molecule has 8 aromatic carbocycles. The van der Waals surface area contributed by atoms with E-state index in [0.717, 1.165) is 5.69 Å². The molecule has 0 amide bonds. The first-order chi connectivity index (χ1) is 18.4. The molecule has 0 saturated heterocycles. The quantitative estimate of drug-likeness (QED) is 0.184. The van der Waals surface area contributed by atoms with Crippen LogP contribution in [-0.2, 0) is 0 Å². The maximum absolute atomic E-state index is 2.47. The third-order valence-electron chi connectivity index (χ3n) is 7.73. The van der Waals surface area contributed by atoms with Crippen LogP contribution >= 0.6 is 0 Å². The molecule has 1 heteroatoms. The van der Waals surface area contributed by atoms with Crippen molar-refractivity contribution in [3.05, 3.63) is 140 Å². The standard InChI is InChI=1S/C36H23N/c1-2-13-29(14-3-1)37(36-30-15-6-4-9-27(30)23-28-10-5-7-16-31(28)36)33-22-20-26-18-17-24-11-8-12-25-19-21-32(33)35(26)34(24)25/h1-23H. The van der Waals surface area contributed by atoms with Crippen molar-refractivity contribution in [1.82, 2.24) is 0 Å². The molecule has 0 aliphatic carbocycles. The van der Waals surface area contributed by atoms with Gasteiger partial charge in [-0.15, -0.1) is 0 Å². The Morgan fingerprint density at radius 3 is 1.59 bits per heavy atom. The Morgan fingerprint density at radius 2 is 0.892 bits per heavy atom. The van der Waals surface area contributed by atoms with Gasteiger partial charge in [0.1, 0.15) is 0 Å². The van der Waals surface area contributed by atoms with E-state index in [1.807, 2.05) is 0 Å². The molecule has 0 saturated carbocycles. The van der Waals surface area contributed by atoms with E-state index in [2.05, 4.69) is 144 Å². The van der Waals surface area contributed by atoms with E-state index in [0.29, 0.717) is 0 Å². The fourth-order valence-corrected chi connectivity index (χ4v) is 6.11. The average Bonchev–Trinajstić information content (AvgIpc) is 2.97. The van der Waals surface area contributed by atoms with Crippen molar-refractivity contribution in [2.45, 2.75) is 0 Å². The second kappa shape index (κ2) is 7.81. The van der Waals surface area contributed by atoms with E-state index in [9.17, 15) is 0 Å². The van der Waals surface area contributed by atoms with Crippen LogP contribution in [0, 0.1) is 0 Å². The monoisotopic (exact) mass is 469 g/mol. The lowest BCUT2D eigenvalue weighted by atomic mass is 9.92. The van der Waals surface area contributed by atoms with Gasteiger partial charge < -0.3 is 4.90 Å². The van der Waals surface area contributed by atoms with E-state index in [4.69, 9.17) is 0 Å². The van der Waals surface area contributed by atoms with E-state index >= 15 is 0 Å². The van der Waals surface area contributed by atoms with Gasteiger partial charge in [0.2, 0.25) is 0 Å². The summed E-state index contributed by atoms with van der Waals surface area (Å²) in [6, 6.07) is 50.9. The summed E-state index contributed by atoms with van der Waals surface area (Å²) in [5.74, 6) is 0. The van der Waals surface area contributed by atoms with Crippen molar-refractivity contribution in [2.75, 3.05) is 4.90 Å². The third kappa shape index (κ3) is 2.98. The summed E-state index contributed by atoms with van der Waals surface area (Å²) in [4.78, 5) is 2.47.